The van der Waals surface area contributed by atoms with Crippen LogP contribution >= 0.6 is 23.2 Å². The molecule has 6 nitrogen and oxygen atoms in total. The molecule has 0 unspecified atom stereocenters. The average molecular weight is 411 g/mol. The first-order chi connectivity index (χ1) is 12.8. The molecule has 0 aliphatic carbocycles. The van der Waals surface area contributed by atoms with E-state index in [1.54, 1.807) is 24.3 Å². The molecule has 2 aromatic rings. The molecule has 1 amide bonds. The summed E-state index contributed by atoms with van der Waals surface area (Å²) in [6.07, 6.45) is 0.311. The number of esters is 1. The van der Waals surface area contributed by atoms with Gasteiger partial charge in [0.1, 0.15) is 5.75 Å². The topological polar surface area (TPSA) is 77.5 Å². The van der Waals surface area contributed by atoms with Crippen LogP contribution in [-0.4, -0.2) is 29.6 Å². The van der Waals surface area contributed by atoms with Gasteiger partial charge in [-0.3, -0.25) is 4.79 Å². The Kier molecular flexibility index (Phi) is 7.45. The maximum Gasteiger partial charge on any atom is 0.338 e. The monoisotopic (exact) mass is 410 g/mol. The first-order valence-corrected chi connectivity index (χ1v) is 9.07. The summed E-state index contributed by atoms with van der Waals surface area (Å²) in [5.41, 5.74) is 0.314. The van der Waals surface area contributed by atoms with Crippen molar-refractivity contribution in [2.24, 2.45) is 5.92 Å². The number of hydrogen-bond donors (Lipinski definition) is 1. The van der Waals surface area contributed by atoms with Gasteiger partial charge < -0.3 is 14.8 Å². The predicted molar refractivity (Wildman–Crippen MR) is 105 cm³/mol. The molecule has 1 N–H and O–H groups in total. The summed E-state index contributed by atoms with van der Waals surface area (Å²) >= 11 is 11.7. The number of pyridine rings is 1. The van der Waals surface area contributed by atoms with Crippen LogP contribution in [0.25, 0.3) is 0 Å². The minimum Gasteiger partial charge on any atom is -0.493 e. The smallest absolute Gasteiger partial charge is 0.338 e. The van der Waals surface area contributed by atoms with Crippen molar-refractivity contribution in [2.45, 2.75) is 26.9 Å². The van der Waals surface area contributed by atoms with Crippen molar-refractivity contribution in [1.29, 1.82) is 0 Å². The first kappa shape index (κ1) is 21.0. The summed E-state index contributed by atoms with van der Waals surface area (Å²) in [5, 5.41) is 3.02. The molecule has 2 rings (SSSR count). The Morgan fingerprint density at radius 3 is 2.41 bits per heavy atom. The second-order valence-corrected chi connectivity index (χ2v) is 7.09. The van der Waals surface area contributed by atoms with Crippen LogP contribution in [0.1, 0.15) is 31.1 Å². The summed E-state index contributed by atoms with van der Waals surface area (Å²) in [5.74, 6) is 0.0212. The zero-order valence-corrected chi connectivity index (χ0v) is 16.7. The van der Waals surface area contributed by atoms with Crippen LogP contribution in [0.2, 0.25) is 10.0 Å². The second-order valence-electron chi connectivity index (χ2n) is 6.25. The summed E-state index contributed by atoms with van der Waals surface area (Å²) in [4.78, 5) is 28.3. The molecule has 27 heavy (non-hydrogen) atoms. The van der Waals surface area contributed by atoms with Crippen LogP contribution < -0.4 is 10.1 Å². The van der Waals surface area contributed by atoms with Crippen molar-refractivity contribution in [1.82, 2.24) is 4.98 Å². The Morgan fingerprint density at radius 1 is 1.15 bits per heavy atom. The second kappa shape index (κ2) is 9.58. The maximum atomic E-state index is 12.2. The number of ether oxygens (including phenoxy) is 2. The van der Waals surface area contributed by atoms with Gasteiger partial charge in [0, 0.05) is 6.20 Å². The van der Waals surface area contributed by atoms with E-state index in [0.717, 1.165) is 0 Å². The van der Waals surface area contributed by atoms with Crippen molar-refractivity contribution in [3.05, 3.63) is 52.1 Å². The minimum atomic E-state index is -1.04. The van der Waals surface area contributed by atoms with Crippen molar-refractivity contribution in [3.8, 4) is 5.75 Å². The number of halogens is 2. The SMILES string of the molecule is CC(C)COc1ccc(C(=O)O[C@H](C)C(=O)Nc2ncc(Cl)cc2Cl)cc1. The highest BCUT2D eigenvalue weighted by molar-refractivity contribution is 6.36. The largest absolute Gasteiger partial charge is 0.493 e. The molecule has 0 radical (unpaired) electrons. The number of rotatable bonds is 7. The van der Waals surface area contributed by atoms with Crippen LogP contribution in [0.15, 0.2) is 36.5 Å². The third-order valence-corrected chi connectivity index (χ3v) is 3.87. The van der Waals surface area contributed by atoms with E-state index in [0.29, 0.717) is 28.9 Å². The Labute approximate surface area is 167 Å². The van der Waals surface area contributed by atoms with E-state index in [2.05, 4.69) is 10.3 Å². The molecular weight excluding hydrogens is 391 g/mol. The zero-order chi connectivity index (χ0) is 20.0. The third-order valence-electron chi connectivity index (χ3n) is 3.38. The lowest BCUT2D eigenvalue weighted by Gasteiger charge is -2.14. The highest BCUT2D eigenvalue weighted by Crippen LogP contribution is 2.23. The molecule has 0 fully saturated rings. The van der Waals surface area contributed by atoms with E-state index in [-0.39, 0.29) is 10.8 Å². The summed E-state index contributed by atoms with van der Waals surface area (Å²) < 4.78 is 10.7. The summed E-state index contributed by atoms with van der Waals surface area (Å²) in [7, 11) is 0. The van der Waals surface area contributed by atoms with Gasteiger partial charge in [0.05, 0.1) is 22.2 Å². The molecule has 0 aliphatic rings. The summed E-state index contributed by atoms with van der Waals surface area (Å²) in [6.45, 7) is 6.13. The Hall–Kier alpha value is -2.31. The molecule has 0 aliphatic heterocycles. The number of carbonyl (C=O) groups excluding carboxylic acids is 2. The standard InChI is InChI=1S/C19H20Cl2N2O4/c1-11(2)10-26-15-6-4-13(5-7-15)19(25)27-12(3)18(24)23-17-16(21)8-14(20)9-22-17/h4-9,11-12H,10H2,1-3H3,(H,22,23,24)/t12-/m1/s1. The van der Waals surface area contributed by atoms with Crippen molar-refractivity contribution in [2.75, 3.05) is 11.9 Å². The normalized spacial score (nSPS) is 11.8. The van der Waals surface area contributed by atoms with E-state index in [1.165, 1.54) is 19.2 Å². The van der Waals surface area contributed by atoms with E-state index in [1.807, 2.05) is 13.8 Å². The lowest BCUT2D eigenvalue weighted by atomic mass is 10.2. The van der Waals surface area contributed by atoms with E-state index < -0.39 is 18.0 Å². The van der Waals surface area contributed by atoms with Gasteiger partial charge in [0.25, 0.3) is 5.91 Å². The number of nitrogens with one attached hydrogen (secondary N) is 1. The summed E-state index contributed by atoms with van der Waals surface area (Å²) in [6, 6.07) is 7.98. The van der Waals surface area contributed by atoms with Crippen LogP contribution in [0, 0.1) is 5.92 Å². The first-order valence-electron chi connectivity index (χ1n) is 8.32. The minimum absolute atomic E-state index is 0.139. The molecule has 0 bridgehead atoms. The van der Waals surface area contributed by atoms with Crippen LogP contribution in [0.3, 0.4) is 0 Å². The fraction of sp³-hybridized carbons (Fsp3) is 0.316. The number of carbonyl (C=O) groups is 2. The molecule has 0 saturated carbocycles. The van der Waals surface area contributed by atoms with Gasteiger partial charge in [-0.25, -0.2) is 9.78 Å². The third kappa shape index (κ3) is 6.41. The highest BCUT2D eigenvalue weighted by atomic mass is 35.5. The average Bonchev–Trinajstić information content (AvgIpc) is 2.62. The number of amides is 1. The molecular formula is C19H20Cl2N2O4. The molecule has 1 aromatic carbocycles. The van der Waals surface area contributed by atoms with E-state index in [4.69, 9.17) is 32.7 Å². The molecule has 144 valence electrons. The Balaban J connectivity index is 1.93. The maximum absolute atomic E-state index is 12.2. The van der Waals surface area contributed by atoms with Crippen molar-refractivity contribution >= 4 is 40.9 Å². The van der Waals surface area contributed by atoms with E-state index >= 15 is 0 Å². The van der Waals surface area contributed by atoms with Crippen LogP contribution in [-0.2, 0) is 9.53 Å². The fourth-order valence-corrected chi connectivity index (χ4v) is 2.38. The van der Waals surface area contributed by atoms with Gasteiger partial charge in [-0.15, -0.1) is 0 Å². The number of benzene rings is 1. The van der Waals surface area contributed by atoms with Crippen molar-refractivity contribution < 1.29 is 19.1 Å². The van der Waals surface area contributed by atoms with Gasteiger partial charge in [0.15, 0.2) is 11.9 Å². The quantitative estimate of drug-likeness (QED) is 0.674. The van der Waals surface area contributed by atoms with Gasteiger partial charge in [-0.05, 0) is 43.2 Å². The van der Waals surface area contributed by atoms with Gasteiger partial charge in [-0.2, -0.15) is 0 Å². The van der Waals surface area contributed by atoms with Crippen molar-refractivity contribution in [3.63, 3.8) is 0 Å². The highest BCUT2D eigenvalue weighted by Gasteiger charge is 2.20. The van der Waals surface area contributed by atoms with Crippen LogP contribution in [0.4, 0.5) is 5.82 Å². The molecule has 0 saturated heterocycles. The number of aromatic nitrogens is 1. The number of anilines is 1. The Morgan fingerprint density at radius 2 is 1.81 bits per heavy atom. The predicted octanol–water partition coefficient (Wildman–Crippen LogP) is 4.61. The van der Waals surface area contributed by atoms with E-state index in [9.17, 15) is 9.59 Å². The van der Waals surface area contributed by atoms with Gasteiger partial charge >= 0.3 is 5.97 Å². The molecule has 1 atom stereocenters. The fourth-order valence-electron chi connectivity index (χ4n) is 1.96. The molecule has 1 heterocycles. The van der Waals surface area contributed by atoms with Gasteiger partial charge in [0.2, 0.25) is 0 Å². The van der Waals surface area contributed by atoms with Gasteiger partial charge in [-0.1, -0.05) is 37.0 Å². The molecule has 0 spiro atoms. The van der Waals surface area contributed by atoms with Crippen LogP contribution in [0.5, 0.6) is 5.75 Å². The lowest BCUT2D eigenvalue weighted by Crippen LogP contribution is -2.30. The number of hydrogen-bond acceptors (Lipinski definition) is 5. The Bertz CT molecular complexity index is 810. The molecule has 1 aromatic heterocycles. The molecule has 8 heteroatoms. The lowest BCUT2D eigenvalue weighted by molar-refractivity contribution is -0.123. The zero-order valence-electron chi connectivity index (χ0n) is 15.2. The number of nitrogens with zero attached hydrogens (tertiary/aromatic N) is 1.